The van der Waals surface area contributed by atoms with Gasteiger partial charge in [0.05, 0.1) is 11.2 Å². The molecule has 1 saturated carbocycles. The van der Waals surface area contributed by atoms with Crippen molar-refractivity contribution >= 4 is 12.6 Å². The van der Waals surface area contributed by atoms with Crippen molar-refractivity contribution in [2.45, 2.75) is 63.8 Å². The molecule has 1 aromatic heterocycles. The Bertz CT molecular complexity index is 876. The SMILES string of the molecule is CC1(C)OB(c2cnc3c(c2)OC(c2ccc(C4CC4)cc2)CO3)OC1(C)C. The molecule has 1 saturated heterocycles. The summed E-state index contributed by atoms with van der Waals surface area (Å²) < 4.78 is 24.4. The van der Waals surface area contributed by atoms with E-state index in [1.807, 2.05) is 33.8 Å². The first-order valence-corrected chi connectivity index (χ1v) is 10.1. The average molecular weight is 379 g/mol. The van der Waals surface area contributed by atoms with Crippen molar-refractivity contribution < 1.29 is 18.8 Å². The van der Waals surface area contributed by atoms with Gasteiger partial charge in [0, 0.05) is 11.7 Å². The predicted octanol–water partition coefficient (Wildman–Crippen LogP) is 3.77. The number of nitrogens with zero attached hydrogens (tertiary/aromatic N) is 1. The minimum absolute atomic E-state index is 0.143. The topological polar surface area (TPSA) is 49.8 Å². The molecule has 2 fully saturated rings. The molecule has 0 N–H and O–H groups in total. The fourth-order valence-corrected chi connectivity index (χ4v) is 3.65. The summed E-state index contributed by atoms with van der Waals surface area (Å²) in [6.45, 7) is 8.62. The second-order valence-corrected chi connectivity index (χ2v) is 9.02. The van der Waals surface area contributed by atoms with Crippen LogP contribution in [-0.2, 0) is 9.31 Å². The smallest absolute Gasteiger partial charge is 0.476 e. The minimum Gasteiger partial charge on any atom is -0.476 e. The second kappa shape index (κ2) is 6.23. The maximum Gasteiger partial charge on any atom is 0.496 e. The molecule has 146 valence electrons. The van der Waals surface area contributed by atoms with E-state index in [2.05, 4.69) is 29.2 Å². The number of benzene rings is 1. The molecule has 0 amide bonds. The Labute approximate surface area is 166 Å². The van der Waals surface area contributed by atoms with Gasteiger partial charge in [-0.1, -0.05) is 24.3 Å². The monoisotopic (exact) mass is 379 g/mol. The Morgan fingerprint density at radius 1 is 0.964 bits per heavy atom. The molecule has 28 heavy (non-hydrogen) atoms. The molecule has 2 aliphatic heterocycles. The Morgan fingerprint density at radius 3 is 2.25 bits per heavy atom. The van der Waals surface area contributed by atoms with E-state index < -0.39 is 18.3 Å². The molecule has 0 radical (unpaired) electrons. The van der Waals surface area contributed by atoms with Crippen molar-refractivity contribution in [3.05, 3.63) is 47.7 Å². The van der Waals surface area contributed by atoms with Crippen LogP contribution in [0.5, 0.6) is 11.6 Å². The number of aromatic nitrogens is 1. The van der Waals surface area contributed by atoms with Crippen LogP contribution < -0.4 is 14.9 Å². The number of ether oxygens (including phenoxy) is 2. The maximum absolute atomic E-state index is 6.24. The minimum atomic E-state index is -0.468. The van der Waals surface area contributed by atoms with Gasteiger partial charge in [-0.15, -0.1) is 0 Å². The molecule has 5 rings (SSSR count). The lowest BCUT2D eigenvalue weighted by Crippen LogP contribution is -2.41. The number of hydrogen-bond donors (Lipinski definition) is 0. The zero-order valence-electron chi connectivity index (χ0n) is 16.9. The van der Waals surface area contributed by atoms with E-state index in [9.17, 15) is 0 Å². The molecule has 1 aliphatic carbocycles. The molecule has 2 aromatic rings. The van der Waals surface area contributed by atoms with E-state index in [1.165, 1.54) is 18.4 Å². The van der Waals surface area contributed by atoms with E-state index in [-0.39, 0.29) is 6.10 Å². The molecule has 3 aliphatic rings. The third-order valence-electron chi connectivity index (χ3n) is 6.36. The highest BCUT2D eigenvalue weighted by Gasteiger charge is 2.52. The standard InChI is InChI=1S/C22H26BNO4/c1-21(2)22(3,4)28-23(27-21)17-11-18-20(24-12-17)25-13-19(26-18)16-9-7-15(8-10-16)14-5-6-14/h7-12,14,19H,5-6,13H2,1-4H3. The summed E-state index contributed by atoms with van der Waals surface area (Å²) in [5.74, 6) is 1.91. The van der Waals surface area contributed by atoms with Crippen LogP contribution >= 0.6 is 0 Å². The second-order valence-electron chi connectivity index (χ2n) is 9.02. The third kappa shape index (κ3) is 3.09. The van der Waals surface area contributed by atoms with Crippen molar-refractivity contribution in [2.75, 3.05) is 6.61 Å². The molecule has 6 heteroatoms. The largest absolute Gasteiger partial charge is 0.496 e. The van der Waals surface area contributed by atoms with E-state index >= 15 is 0 Å². The molecular formula is C22H26BNO4. The number of rotatable bonds is 3. The highest BCUT2D eigenvalue weighted by Crippen LogP contribution is 2.41. The van der Waals surface area contributed by atoms with Gasteiger partial charge >= 0.3 is 7.12 Å². The maximum atomic E-state index is 6.24. The first-order valence-electron chi connectivity index (χ1n) is 10.1. The van der Waals surface area contributed by atoms with Crippen molar-refractivity contribution in [2.24, 2.45) is 0 Å². The van der Waals surface area contributed by atoms with Gasteiger partial charge in [0.1, 0.15) is 6.61 Å². The van der Waals surface area contributed by atoms with Crippen LogP contribution in [0.4, 0.5) is 0 Å². The summed E-state index contributed by atoms with van der Waals surface area (Å²) in [5, 5.41) is 0. The summed E-state index contributed by atoms with van der Waals surface area (Å²) in [4.78, 5) is 4.43. The lowest BCUT2D eigenvalue weighted by Gasteiger charge is -2.32. The highest BCUT2D eigenvalue weighted by atomic mass is 16.7. The van der Waals surface area contributed by atoms with Gasteiger partial charge in [-0.25, -0.2) is 4.98 Å². The van der Waals surface area contributed by atoms with Crippen molar-refractivity contribution in [1.29, 1.82) is 0 Å². The van der Waals surface area contributed by atoms with Crippen LogP contribution in [0.2, 0.25) is 0 Å². The summed E-state index contributed by atoms with van der Waals surface area (Å²) in [6.07, 6.45) is 4.22. The summed E-state index contributed by atoms with van der Waals surface area (Å²) in [6, 6.07) is 10.7. The lowest BCUT2D eigenvalue weighted by atomic mass is 9.80. The zero-order valence-corrected chi connectivity index (χ0v) is 16.9. The van der Waals surface area contributed by atoms with E-state index in [0.29, 0.717) is 18.2 Å². The Morgan fingerprint density at radius 2 is 1.61 bits per heavy atom. The summed E-state index contributed by atoms with van der Waals surface area (Å²) in [5.41, 5.74) is 2.60. The molecule has 1 atom stereocenters. The van der Waals surface area contributed by atoms with Crippen molar-refractivity contribution in [3.63, 3.8) is 0 Å². The molecule has 3 heterocycles. The normalized spacial score (nSPS) is 25.0. The van der Waals surface area contributed by atoms with Crippen LogP contribution in [-0.4, -0.2) is 29.9 Å². The Kier molecular flexibility index (Phi) is 4.01. The van der Waals surface area contributed by atoms with Crippen LogP contribution in [0.25, 0.3) is 0 Å². The molecule has 0 bridgehead atoms. The first-order chi connectivity index (χ1) is 13.3. The number of hydrogen-bond acceptors (Lipinski definition) is 5. The van der Waals surface area contributed by atoms with E-state index in [0.717, 1.165) is 16.9 Å². The van der Waals surface area contributed by atoms with Gasteiger partial charge < -0.3 is 18.8 Å². The van der Waals surface area contributed by atoms with E-state index in [1.54, 1.807) is 6.20 Å². The van der Waals surface area contributed by atoms with Crippen LogP contribution in [0.3, 0.4) is 0 Å². The van der Waals surface area contributed by atoms with Crippen molar-refractivity contribution in [3.8, 4) is 11.6 Å². The molecule has 1 unspecified atom stereocenters. The van der Waals surface area contributed by atoms with Gasteiger partial charge in [-0.2, -0.15) is 0 Å². The molecular weight excluding hydrogens is 353 g/mol. The summed E-state index contributed by atoms with van der Waals surface area (Å²) in [7, 11) is -0.468. The number of fused-ring (bicyclic) bond motifs is 1. The summed E-state index contributed by atoms with van der Waals surface area (Å²) >= 11 is 0. The first kappa shape index (κ1) is 18.0. The molecule has 0 spiro atoms. The van der Waals surface area contributed by atoms with Crippen LogP contribution in [0.1, 0.15) is 63.7 Å². The van der Waals surface area contributed by atoms with Gasteiger partial charge in [0.2, 0.25) is 0 Å². The molecule has 5 nitrogen and oxygen atoms in total. The van der Waals surface area contributed by atoms with Gasteiger partial charge in [0.25, 0.3) is 5.88 Å². The van der Waals surface area contributed by atoms with Crippen LogP contribution in [0, 0.1) is 0 Å². The average Bonchev–Trinajstić information content (AvgIpc) is 3.48. The highest BCUT2D eigenvalue weighted by molar-refractivity contribution is 6.62. The van der Waals surface area contributed by atoms with Crippen molar-refractivity contribution in [1.82, 2.24) is 4.98 Å². The third-order valence-corrected chi connectivity index (χ3v) is 6.36. The van der Waals surface area contributed by atoms with Gasteiger partial charge in [-0.05, 0) is 63.6 Å². The number of pyridine rings is 1. The lowest BCUT2D eigenvalue weighted by molar-refractivity contribution is 0.00578. The zero-order chi connectivity index (χ0) is 19.5. The van der Waals surface area contributed by atoms with Gasteiger partial charge in [-0.3, -0.25) is 0 Å². The Balaban J connectivity index is 1.36. The van der Waals surface area contributed by atoms with Gasteiger partial charge in [0.15, 0.2) is 11.9 Å². The quantitative estimate of drug-likeness (QED) is 0.760. The Hall–Kier alpha value is -2.05. The van der Waals surface area contributed by atoms with E-state index in [4.69, 9.17) is 18.8 Å². The fraction of sp³-hybridized carbons (Fsp3) is 0.500. The fourth-order valence-electron chi connectivity index (χ4n) is 3.65. The predicted molar refractivity (Wildman–Crippen MR) is 107 cm³/mol. The van der Waals surface area contributed by atoms with Crippen LogP contribution in [0.15, 0.2) is 36.5 Å². The molecule has 1 aromatic carbocycles.